The molecule has 1 aromatic heterocycles. The Morgan fingerprint density at radius 1 is 0.867 bits per heavy atom. The van der Waals surface area contributed by atoms with Gasteiger partial charge in [0.05, 0.1) is 23.7 Å². The lowest BCUT2D eigenvalue weighted by molar-refractivity contribution is 0.171. The molecule has 0 fully saturated rings. The Hall–Kier alpha value is -3.57. The Morgan fingerprint density at radius 3 is 2.33 bits per heavy atom. The third-order valence-electron chi connectivity index (χ3n) is 5.24. The summed E-state index contributed by atoms with van der Waals surface area (Å²) in [7, 11) is 0. The van der Waals surface area contributed by atoms with Crippen molar-refractivity contribution in [2.45, 2.75) is 12.5 Å². The van der Waals surface area contributed by atoms with Gasteiger partial charge in [-0.15, -0.1) is 0 Å². The highest BCUT2D eigenvalue weighted by molar-refractivity contribution is 5.69. The molecule has 1 unspecified atom stereocenters. The number of ether oxygens (including phenoxy) is 2. The summed E-state index contributed by atoms with van der Waals surface area (Å²) >= 11 is 0. The van der Waals surface area contributed by atoms with E-state index in [9.17, 15) is 5.11 Å². The molecule has 150 valence electrons. The van der Waals surface area contributed by atoms with E-state index in [1.807, 2.05) is 83.5 Å². The first-order chi connectivity index (χ1) is 14.8. The summed E-state index contributed by atoms with van der Waals surface area (Å²) in [4.78, 5) is 0. The minimum Gasteiger partial charge on any atom is -0.486 e. The van der Waals surface area contributed by atoms with Crippen molar-refractivity contribution in [3.05, 3.63) is 96.2 Å². The highest BCUT2D eigenvalue weighted by Gasteiger charge is 2.22. The van der Waals surface area contributed by atoms with Crippen molar-refractivity contribution < 1.29 is 14.6 Å². The third-order valence-corrected chi connectivity index (χ3v) is 5.24. The van der Waals surface area contributed by atoms with E-state index in [1.54, 1.807) is 6.20 Å². The van der Waals surface area contributed by atoms with Crippen molar-refractivity contribution in [1.29, 1.82) is 0 Å². The molecular formula is C25H22N2O3. The lowest BCUT2D eigenvalue weighted by Gasteiger charge is -2.20. The lowest BCUT2D eigenvalue weighted by Crippen LogP contribution is -2.15. The highest BCUT2D eigenvalue weighted by Crippen LogP contribution is 2.38. The van der Waals surface area contributed by atoms with E-state index in [1.165, 1.54) is 0 Å². The van der Waals surface area contributed by atoms with Gasteiger partial charge in [-0.25, -0.2) is 4.68 Å². The maximum absolute atomic E-state index is 11.1. The minimum atomic E-state index is -0.687. The van der Waals surface area contributed by atoms with E-state index in [0.29, 0.717) is 25.4 Å². The van der Waals surface area contributed by atoms with Crippen LogP contribution in [0.5, 0.6) is 11.5 Å². The monoisotopic (exact) mass is 398 g/mol. The molecular weight excluding hydrogens is 376 g/mol. The van der Waals surface area contributed by atoms with Crippen LogP contribution in [0.15, 0.2) is 85.1 Å². The quantitative estimate of drug-likeness (QED) is 0.534. The Labute approximate surface area is 175 Å². The van der Waals surface area contributed by atoms with Crippen molar-refractivity contribution >= 4 is 0 Å². The van der Waals surface area contributed by atoms with Gasteiger partial charge in [0.1, 0.15) is 13.2 Å². The number of aliphatic hydroxyl groups is 1. The van der Waals surface area contributed by atoms with Crippen LogP contribution in [0.1, 0.15) is 17.2 Å². The zero-order valence-electron chi connectivity index (χ0n) is 16.4. The Balaban J connectivity index is 1.60. The van der Waals surface area contributed by atoms with E-state index in [2.05, 4.69) is 5.10 Å². The molecule has 1 aliphatic heterocycles. The molecule has 2 heterocycles. The van der Waals surface area contributed by atoms with Gasteiger partial charge in [0.15, 0.2) is 11.5 Å². The number of rotatable bonds is 5. The van der Waals surface area contributed by atoms with E-state index in [-0.39, 0.29) is 0 Å². The Kier molecular flexibility index (Phi) is 4.95. The van der Waals surface area contributed by atoms with Gasteiger partial charge in [0, 0.05) is 17.5 Å². The number of fused-ring (bicyclic) bond motifs is 1. The molecule has 0 spiro atoms. The van der Waals surface area contributed by atoms with Crippen LogP contribution >= 0.6 is 0 Å². The molecule has 0 saturated heterocycles. The second-order valence-electron chi connectivity index (χ2n) is 7.26. The molecule has 30 heavy (non-hydrogen) atoms. The molecule has 1 atom stereocenters. The van der Waals surface area contributed by atoms with Crippen LogP contribution in [0.25, 0.3) is 16.9 Å². The lowest BCUT2D eigenvalue weighted by atomic mass is 9.98. The van der Waals surface area contributed by atoms with Gasteiger partial charge in [-0.3, -0.25) is 0 Å². The fraction of sp³-hybridized carbons (Fsp3) is 0.160. The van der Waals surface area contributed by atoms with Gasteiger partial charge in [-0.05, 0) is 35.9 Å². The molecule has 0 bridgehead atoms. The summed E-state index contributed by atoms with van der Waals surface area (Å²) in [6.45, 7) is 1.08. The van der Waals surface area contributed by atoms with Crippen LogP contribution in [0, 0.1) is 0 Å². The van der Waals surface area contributed by atoms with Crippen molar-refractivity contribution in [3.8, 4) is 28.4 Å². The van der Waals surface area contributed by atoms with Crippen molar-refractivity contribution in [3.63, 3.8) is 0 Å². The molecule has 1 N–H and O–H groups in total. The predicted molar refractivity (Wildman–Crippen MR) is 115 cm³/mol. The smallest absolute Gasteiger partial charge is 0.162 e. The van der Waals surface area contributed by atoms with Gasteiger partial charge in [0.2, 0.25) is 0 Å². The maximum atomic E-state index is 11.1. The predicted octanol–water partition coefficient (Wildman–Crippen LogP) is 4.59. The number of para-hydroxylation sites is 1. The average Bonchev–Trinajstić information content (AvgIpc) is 3.25. The summed E-state index contributed by atoms with van der Waals surface area (Å²) in [6, 6.07) is 25.8. The van der Waals surface area contributed by atoms with E-state index < -0.39 is 6.10 Å². The summed E-state index contributed by atoms with van der Waals surface area (Å²) in [5, 5.41) is 15.7. The molecule has 5 heteroatoms. The van der Waals surface area contributed by atoms with E-state index >= 15 is 0 Å². The van der Waals surface area contributed by atoms with Crippen molar-refractivity contribution in [1.82, 2.24) is 9.78 Å². The van der Waals surface area contributed by atoms with Crippen molar-refractivity contribution in [2.75, 3.05) is 13.2 Å². The van der Waals surface area contributed by atoms with Crippen molar-refractivity contribution in [2.24, 2.45) is 0 Å². The molecule has 3 aromatic carbocycles. The molecule has 0 aliphatic carbocycles. The zero-order valence-corrected chi connectivity index (χ0v) is 16.4. The van der Waals surface area contributed by atoms with Crippen LogP contribution in [-0.4, -0.2) is 28.1 Å². The van der Waals surface area contributed by atoms with Crippen LogP contribution in [0.2, 0.25) is 0 Å². The maximum Gasteiger partial charge on any atom is 0.162 e. The Bertz CT molecular complexity index is 1140. The normalized spacial score (nSPS) is 13.8. The van der Waals surface area contributed by atoms with Gasteiger partial charge < -0.3 is 14.6 Å². The molecule has 5 nitrogen and oxygen atoms in total. The average molecular weight is 398 g/mol. The molecule has 0 radical (unpaired) electrons. The molecule has 0 amide bonds. The van der Waals surface area contributed by atoms with Crippen LogP contribution in [0.4, 0.5) is 0 Å². The van der Waals surface area contributed by atoms with E-state index in [4.69, 9.17) is 9.47 Å². The summed E-state index contributed by atoms with van der Waals surface area (Å²) in [6.07, 6.45) is 1.58. The number of hydrogen-bond donors (Lipinski definition) is 1. The molecule has 4 aromatic rings. The van der Waals surface area contributed by atoms with Crippen LogP contribution in [0.3, 0.4) is 0 Å². The number of hydrogen-bond acceptors (Lipinski definition) is 4. The second-order valence-corrected chi connectivity index (χ2v) is 7.26. The highest BCUT2D eigenvalue weighted by atomic mass is 16.6. The molecule has 0 saturated carbocycles. The van der Waals surface area contributed by atoms with Gasteiger partial charge in [0.25, 0.3) is 0 Å². The Morgan fingerprint density at radius 2 is 1.57 bits per heavy atom. The van der Waals surface area contributed by atoms with E-state index in [0.717, 1.165) is 33.8 Å². The largest absolute Gasteiger partial charge is 0.486 e. The summed E-state index contributed by atoms with van der Waals surface area (Å²) in [5.41, 5.74) is 4.55. The van der Waals surface area contributed by atoms with Gasteiger partial charge in [-0.2, -0.15) is 5.10 Å². The number of benzene rings is 3. The zero-order chi connectivity index (χ0) is 20.3. The first kappa shape index (κ1) is 18.5. The molecule has 5 rings (SSSR count). The van der Waals surface area contributed by atoms with Crippen LogP contribution in [-0.2, 0) is 6.42 Å². The van der Waals surface area contributed by atoms with Gasteiger partial charge >= 0.3 is 0 Å². The SMILES string of the molecule is OC(Cc1ccccc1)c1cnn(-c2ccccc2)c1-c1ccc2c(c1)OCCO2. The standard InChI is InChI=1S/C25H22N2O3/c28-22(15-18-7-3-1-4-8-18)21-17-26-27(20-9-5-2-6-10-20)25(21)19-11-12-23-24(16-19)30-14-13-29-23/h1-12,16-17,22,28H,13-15H2. The number of aliphatic hydroxyl groups excluding tert-OH is 1. The fourth-order valence-electron chi connectivity index (χ4n) is 3.80. The first-order valence-corrected chi connectivity index (χ1v) is 10.0. The second kappa shape index (κ2) is 8.05. The number of nitrogens with zero attached hydrogens (tertiary/aromatic N) is 2. The summed E-state index contributed by atoms with van der Waals surface area (Å²) < 4.78 is 13.3. The number of aromatic nitrogens is 2. The minimum absolute atomic E-state index is 0.513. The van der Waals surface area contributed by atoms with Gasteiger partial charge in [-0.1, -0.05) is 48.5 Å². The van der Waals surface area contributed by atoms with Crippen LogP contribution < -0.4 is 9.47 Å². The fourth-order valence-corrected chi connectivity index (χ4v) is 3.80. The summed E-state index contributed by atoms with van der Waals surface area (Å²) in [5.74, 6) is 1.45. The topological polar surface area (TPSA) is 56.5 Å². The third kappa shape index (κ3) is 3.55. The first-order valence-electron chi connectivity index (χ1n) is 10.0. The molecule has 1 aliphatic rings.